The number of Topliss-reactive ketones (excluding diaryl/α,β-unsaturated/α-hetero) is 1. The van der Waals surface area contributed by atoms with Crippen LogP contribution in [0.25, 0.3) is 27.8 Å². The van der Waals surface area contributed by atoms with E-state index in [1.165, 1.54) is 11.0 Å². The number of nitrogens with one attached hydrogen (secondary N) is 1. The Labute approximate surface area is 182 Å². The molecule has 0 unspecified atom stereocenters. The molecular weight excluding hydrogens is 406 g/mol. The first-order valence-corrected chi connectivity index (χ1v) is 9.90. The van der Waals surface area contributed by atoms with Crippen LogP contribution in [0.1, 0.15) is 20.7 Å². The number of hydrogen-bond acceptors (Lipinski definition) is 6. The number of ketones is 1. The minimum Gasteiger partial charge on any atom is -0.454 e. The summed E-state index contributed by atoms with van der Waals surface area (Å²) in [6.45, 7) is -0.379. The Bertz CT molecular complexity index is 1410. The summed E-state index contributed by atoms with van der Waals surface area (Å²) in [6, 6.07) is 23.8. The molecular formula is C24H17N5O3. The molecule has 0 bridgehead atoms. The summed E-state index contributed by atoms with van der Waals surface area (Å²) >= 11 is 0. The second kappa shape index (κ2) is 8.27. The zero-order chi connectivity index (χ0) is 21.9. The van der Waals surface area contributed by atoms with Gasteiger partial charge in [0, 0.05) is 10.9 Å². The van der Waals surface area contributed by atoms with Gasteiger partial charge in [-0.1, -0.05) is 54.6 Å². The van der Waals surface area contributed by atoms with Gasteiger partial charge in [-0.2, -0.15) is 0 Å². The number of nitrogens with zero attached hydrogens (tertiary/aromatic N) is 4. The Hall–Kier alpha value is -4.59. The summed E-state index contributed by atoms with van der Waals surface area (Å²) in [5.74, 6) is -0.888. The number of benzene rings is 3. The number of para-hydroxylation sites is 1. The van der Waals surface area contributed by atoms with Crippen molar-refractivity contribution < 1.29 is 14.3 Å². The number of H-pyrrole nitrogens is 1. The number of esters is 1. The maximum atomic E-state index is 13.2. The maximum absolute atomic E-state index is 13.2. The van der Waals surface area contributed by atoms with E-state index in [0.717, 1.165) is 16.5 Å². The molecule has 5 aromatic rings. The number of fused-ring (bicyclic) bond motifs is 1. The topological polar surface area (TPSA) is 103 Å². The Morgan fingerprint density at radius 3 is 2.56 bits per heavy atom. The van der Waals surface area contributed by atoms with Crippen molar-refractivity contribution in [3.63, 3.8) is 0 Å². The number of hydrogen-bond donors (Lipinski definition) is 1. The van der Waals surface area contributed by atoms with Crippen LogP contribution in [0.5, 0.6) is 0 Å². The monoisotopic (exact) mass is 423 g/mol. The van der Waals surface area contributed by atoms with Crippen LogP contribution in [-0.4, -0.2) is 43.6 Å². The van der Waals surface area contributed by atoms with Crippen LogP contribution in [0.15, 0.2) is 85.2 Å². The molecule has 0 atom stereocenters. The standard InChI is InChI=1S/C24H17N5O3/c30-21(14-32-24(31)17-9-6-10-18(13-17)29-15-25-27-28-29)22-19-11-4-5-12-20(19)26-23(22)16-7-2-1-3-8-16/h1-13,15,26H,14H2. The van der Waals surface area contributed by atoms with Crippen molar-refractivity contribution in [1.82, 2.24) is 25.2 Å². The van der Waals surface area contributed by atoms with Crippen LogP contribution in [0.4, 0.5) is 0 Å². The maximum Gasteiger partial charge on any atom is 0.338 e. The summed E-state index contributed by atoms with van der Waals surface area (Å²) < 4.78 is 6.79. The summed E-state index contributed by atoms with van der Waals surface area (Å²) in [4.78, 5) is 29.1. The fourth-order valence-electron chi connectivity index (χ4n) is 3.59. The quantitative estimate of drug-likeness (QED) is 0.329. The van der Waals surface area contributed by atoms with Gasteiger partial charge in [0.15, 0.2) is 6.61 Å². The van der Waals surface area contributed by atoms with Crippen molar-refractivity contribution >= 4 is 22.7 Å². The predicted octanol–water partition coefficient (Wildman–Crippen LogP) is 3.85. The van der Waals surface area contributed by atoms with Gasteiger partial charge in [0.1, 0.15) is 6.33 Å². The van der Waals surface area contributed by atoms with Gasteiger partial charge in [-0.05, 0) is 40.3 Å². The molecule has 2 aromatic heterocycles. The van der Waals surface area contributed by atoms with E-state index in [2.05, 4.69) is 20.5 Å². The number of tetrazole rings is 1. The van der Waals surface area contributed by atoms with Crippen LogP contribution >= 0.6 is 0 Å². The normalized spacial score (nSPS) is 10.9. The summed E-state index contributed by atoms with van der Waals surface area (Å²) in [7, 11) is 0. The van der Waals surface area contributed by atoms with E-state index in [0.29, 0.717) is 22.5 Å². The molecule has 156 valence electrons. The molecule has 8 nitrogen and oxygen atoms in total. The van der Waals surface area contributed by atoms with Gasteiger partial charge in [-0.15, -0.1) is 5.10 Å². The van der Waals surface area contributed by atoms with Crippen molar-refractivity contribution in [3.05, 3.63) is 96.3 Å². The molecule has 0 fully saturated rings. The second-order valence-corrected chi connectivity index (χ2v) is 7.09. The molecule has 0 aliphatic rings. The minimum absolute atomic E-state index is 0.286. The first kappa shape index (κ1) is 19.4. The van der Waals surface area contributed by atoms with E-state index in [-0.39, 0.29) is 12.4 Å². The highest BCUT2D eigenvalue weighted by Gasteiger charge is 2.21. The third-order valence-electron chi connectivity index (χ3n) is 5.08. The smallest absolute Gasteiger partial charge is 0.338 e. The molecule has 0 saturated heterocycles. The average Bonchev–Trinajstić information content (AvgIpc) is 3.51. The fourth-order valence-corrected chi connectivity index (χ4v) is 3.59. The lowest BCUT2D eigenvalue weighted by Crippen LogP contribution is -2.15. The van der Waals surface area contributed by atoms with E-state index in [9.17, 15) is 9.59 Å². The lowest BCUT2D eigenvalue weighted by Gasteiger charge is -2.07. The Morgan fingerprint density at radius 1 is 0.938 bits per heavy atom. The van der Waals surface area contributed by atoms with Crippen LogP contribution in [0.3, 0.4) is 0 Å². The minimum atomic E-state index is -0.602. The van der Waals surface area contributed by atoms with Crippen LogP contribution in [0.2, 0.25) is 0 Å². The molecule has 0 radical (unpaired) electrons. The highest BCUT2D eigenvalue weighted by Crippen LogP contribution is 2.30. The number of aromatic amines is 1. The van der Waals surface area contributed by atoms with Crippen molar-refractivity contribution in [1.29, 1.82) is 0 Å². The largest absolute Gasteiger partial charge is 0.454 e. The Kier molecular flexibility index (Phi) is 5.01. The van der Waals surface area contributed by atoms with Gasteiger partial charge in [0.2, 0.25) is 5.78 Å². The van der Waals surface area contributed by atoms with Gasteiger partial charge in [0.05, 0.1) is 22.5 Å². The van der Waals surface area contributed by atoms with E-state index < -0.39 is 5.97 Å². The fraction of sp³-hybridized carbons (Fsp3) is 0.0417. The predicted molar refractivity (Wildman–Crippen MR) is 118 cm³/mol. The zero-order valence-corrected chi connectivity index (χ0v) is 16.8. The highest BCUT2D eigenvalue weighted by atomic mass is 16.5. The van der Waals surface area contributed by atoms with E-state index in [1.807, 2.05) is 54.6 Å². The second-order valence-electron chi connectivity index (χ2n) is 7.09. The van der Waals surface area contributed by atoms with Crippen LogP contribution in [-0.2, 0) is 4.74 Å². The van der Waals surface area contributed by atoms with Crippen molar-refractivity contribution in [2.75, 3.05) is 6.61 Å². The van der Waals surface area contributed by atoms with Crippen molar-refractivity contribution in [2.45, 2.75) is 0 Å². The number of rotatable bonds is 6. The summed E-state index contributed by atoms with van der Waals surface area (Å²) in [5.41, 5.74) is 3.84. The van der Waals surface area contributed by atoms with Gasteiger partial charge in [0.25, 0.3) is 0 Å². The lowest BCUT2D eigenvalue weighted by molar-refractivity contribution is 0.0475. The molecule has 32 heavy (non-hydrogen) atoms. The molecule has 8 heteroatoms. The van der Waals surface area contributed by atoms with Gasteiger partial charge < -0.3 is 9.72 Å². The molecule has 0 aliphatic heterocycles. The first-order chi connectivity index (χ1) is 15.7. The van der Waals surface area contributed by atoms with Crippen LogP contribution in [0, 0.1) is 0 Å². The molecule has 0 amide bonds. The number of carbonyl (C=O) groups is 2. The Morgan fingerprint density at radius 2 is 1.75 bits per heavy atom. The van der Waals surface area contributed by atoms with Gasteiger partial charge >= 0.3 is 5.97 Å². The van der Waals surface area contributed by atoms with E-state index >= 15 is 0 Å². The molecule has 3 aromatic carbocycles. The third-order valence-corrected chi connectivity index (χ3v) is 5.08. The molecule has 0 aliphatic carbocycles. The molecule has 5 rings (SSSR count). The van der Waals surface area contributed by atoms with Crippen molar-refractivity contribution in [2.24, 2.45) is 0 Å². The van der Waals surface area contributed by atoms with Crippen LogP contribution < -0.4 is 0 Å². The molecule has 0 spiro atoms. The summed E-state index contributed by atoms with van der Waals surface area (Å²) in [6.07, 6.45) is 1.43. The number of carbonyl (C=O) groups excluding carboxylic acids is 2. The van der Waals surface area contributed by atoms with E-state index in [1.54, 1.807) is 24.3 Å². The average molecular weight is 423 g/mol. The lowest BCUT2D eigenvalue weighted by atomic mass is 10.0. The third kappa shape index (κ3) is 3.65. The summed E-state index contributed by atoms with van der Waals surface area (Å²) in [5, 5.41) is 11.8. The van der Waals surface area contributed by atoms with Gasteiger partial charge in [-0.25, -0.2) is 9.48 Å². The first-order valence-electron chi connectivity index (χ1n) is 9.90. The zero-order valence-electron chi connectivity index (χ0n) is 16.8. The molecule has 1 N–H and O–H groups in total. The SMILES string of the molecule is O=C(OCC(=O)c1c(-c2ccccc2)[nH]c2ccccc12)c1cccc(-n2cnnn2)c1. The van der Waals surface area contributed by atoms with E-state index in [4.69, 9.17) is 4.74 Å². The highest BCUT2D eigenvalue weighted by molar-refractivity contribution is 6.14. The number of ether oxygens (including phenoxy) is 1. The number of aromatic nitrogens is 5. The molecule has 2 heterocycles. The van der Waals surface area contributed by atoms with Gasteiger partial charge in [-0.3, -0.25) is 4.79 Å². The molecule has 0 saturated carbocycles. The van der Waals surface area contributed by atoms with Crippen molar-refractivity contribution in [3.8, 4) is 16.9 Å². The Balaban J connectivity index is 1.40.